The van der Waals surface area contributed by atoms with Gasteiger partial charge in [0.1, 0.15) is 0 Å². The maximum absolute atomic E-state index is 12.1. The molecule has 0 aromatic carbocycles. The van der Waals surface area contributed by atoms with Crippen LogP contribution < -0.4 is 5.32 Å². The molecule has 2 rings (SSSR count). The van der Waals surface area contributed by atoms with Gasteiger partial charge in [-0.05, 0) is 32.7 Å². The van der Waals surface area contributed by atoms with Gasteiger partial charge < -0.3 is 10.2 Å². The monoisotopic (exact) mass is 275 g/mol. The molecule has 5 nitrogen and oxygen atoms in total. The van der Waals surface area contributed by atoms with Gasteiger partial charge in [-0.1, -0.05) is 0 Å². The summed E-state index contributed by atoms with van der Waals surface area (Å²) in [6, 6.07) is 0.567. The standard InChI is InChI=1S/C12H25N3O2S/c1-11(2)14-6-3-12(9-14)10-15-7-4-13-5-8-18(15,16)17/h11-13H,3-10H2,1-2H3. The van der Waals surface area contributed by atoms with Crippen LogP contribution in [0.15, 0.2) is 0 Å². The molecule has 0 bridgehead atoms. The van der Waals surface area contributed by atoms with Crippen molar-refractivity contribution in [3.63, 3.8) is 0 Å². The first-order valence-corrected chi connectivity index (χ1v) is 8.52. The quantitative estimate of drug-likeness (QED) is 0.785. The molecule has 0 amide bonds. The number of sulfonamides is 1. The molecule has 1 unspecified atom stereocenters. The van der Waals surface area contributed by atoms with E-state index in [1.54, 1.807) is 4.31 Å². The smallest absolute Gasteiger partial charge is 0.215 e. The number of nitrogens with zero attached hydrogens (tertiary/aromatic N) is 2. The predicted molar refractivity (Wildman–Crippen MR) is 73.0 cm³/mol. The van der Waals surface area contributed by atoms with Gasteiger partial charge in [-0.25, -0.2) is 12.7 Å². The summed E-state index contributed by atoms with van der Waals surface area (Å²) in [4.78, 5) is 2.44. The van der Waals surface area contributed by atoms with Crippen LogP contribution in [-0.4, -0.2) is 68.7 Å². The lowest BCUT2D eigenvalue weighted by atomic mass is 10.1. The number of likely N-dealkylation sites (tertiary alicyclic amines) is 1. The molecule has 6 heteroatoms. The molecule has 0 aromatic rings. The van der Waals surface area contributed by atoms with Crippen molar-refractivity contribution in [3.8, 4) is 0 Å². The molecule has 0 aliphatic carbocycles. The third-order valence-electron chi connectivity index (χ3n) is 3.98. The van der Waals surface area contributed by atoms with Gasteiger partial charge in [0.05, 0.1) is 5.75 Å². The minimum Gasteiger partial charge on any atom is -0.314 e. The number of hydrogen-bond donors (Lipinski definition) is 1. The molecule has 2 saturated heterocycles. The van der Waals surface area contributed by atoms with Crippen LogP contribution in [0.1, 0.15) is 20.3 Å². The SMILES string of the molecule is CC(C)N1CCC(CN2CCNCCS2(=O)=O)C1. The fourth-order valence-corrected chi connectivity index (χ4v) is 4.24. The van der Waals surface area contributed by atoms with Crippen molar-refractivity contribution in [2.24, 2.45) is 5.92 Å². The Hall–Kier alpha value is -0.170. The summed E-state index contributed by atoms with van der Waals surface area (Å²) in [6.45, 7) is 9.24. The lowest BCUT2D eigenvalue weighted by molar-refractivity contribution is 0.255. The molecule has 0 spiro atoms. The van der Waals surface area contributed by atoms with Crippen LogP contribution in [0.25, 0.3) is 0 Å². The van der Waals surface area contributed by atoms with Crippen LogP contribution in [0.5, 0.6) is 0 Å². The molecule has 1 N–H and O–H groups in total. The zero-order valence-electron chi connectivity index (χ0n) is 11.4. The third-order valence-corrected chi connectivity index (χ3v) is 5.82. The highest BCUT2D eigenvalue weighted by Gasteiger charge is 2.30. The van der Waals surface area contributed by atoms with Crippen LogP contribution in [-0.2, 0) is 10.0 Å². The first-order chi connectivity index (χ1) is 8.49. The minimum atomic E-state index is -3.03. The summed E-state index contributed by atoms with van der Waals surface area (Å²) in [5.74, 6) is 0.744. The Balaban J connectivity index is 1.92. The zero-order valence-corrected chi connectivity index (χ0v) is 12.2. The van der Waals surface area contributed by atoms with Gasteiger partial charge in [-0.15, -0.1) is 0 Å². The zero-order chi connectivity index (χ0) is 13.2. The molecule has 1 atom stereocenters. The van der Waals surface area contributed by atoms with Crippen LogP contribution in [0.3, 0.4) is 0 Å². The minimum absolute atomic E-state index is 0.244. The van der Waals surface area contributed by atoms with Gasteiger partial charge in [-0.2, -0.15) is 0 Å². The van der Waals surface area contributed by atoms with E-state index in [2.05, 4.69) is 24.1 Å². The van der Waals surface area contributed by atoms with Gasteiger partial charge in [0.2, 0.25) is 10.0 Å². The maximum Gasteiger partial charge on any atom is 0.215 e. The topological polar surface area (TPSA) is 52.6 Å². The van der Waals surface area contributed by atoms with Crippen molar-refractivity contribution >= 4 is 10.0 Å². The Bertz CT molecular complexity index is 370. The fraction of sp³-hybridized carbons (Fsp3) is 1.00. The molecule has 18 heavy (non-hydrogen) atoms. The Labute approximate surface area is 111 Å². The van der Waals surface area contributed by atoms with Gasteiger partial charge in [-0.3, -0.25) is 0 Å². The van der Waals surface area contributed by atoms with E-state index >= 15 is 0 Å². The summed E-state index contributed by atoms with van der Waals surface area (Å²) < 4.78 is 25.9. The van der Waals surface area contributed by atoms with E-state index in [1.807, 2.05) is 0 Å². The van der Waals surface area contributed by atoms with Crippen molar-refractivity contribution in [2.75, 3.05) is 45.0 Å². The summed E-state index contributed by atoms with van der Waals surface area (Å²) >= 11 is 0. The molecule has 0 aromatic heterocycles. The Morgan fingerprint density at radius 3 is 2.72 bits per heavy atom. The van der Waals surface area contributed by atoms with Crippen LogP contribution in [0.2, 0.25) is 0 Å². The molecule has 2 aliphatic rings. The summed E-state index contributed by atoms with van der Waals surface area (Å²) in [6.07, 6.45) is 1.12. The van der Waals surface area contributed by atoms with Gasteiger partial charge in [0.15, 0.2) is 0 Å². The Morgan fingerprint density at radius 2 is 2.06 bits per heavy atom. The largest absolute Gasteiger partial charge is 0.314 e. The molecule has 2 aliphatic heterocycles. The maximum atomic E-state index is 12.1. The number of rotatable bonds is 3. The van der Waals surface area contributed by atoms with Crippen molar-refractivity contribution in [1.29, 1.82) is 0 Å². The molecule has 106 valence electrons. The van der Waals surface area contributed by atoms with Gasteiger partial charge >= 0.3 is 0 Å². The van der Waals surface area contributed by atoms with Crippen molar-refractivity contribution < 1.29 is 8.42 Å². The Kier molecular flexibility index (Phi) is 4.64. The van der Waals surface area contributed by atoms with Crippen molar-refractivity contribution in [1.82, 2.24) is 14.5 Å². The second-order valence-electron chi connectivity index (χ2n) is 5.67. The van der Waals surface area contributed by atoms with E-state index in [9.17, 15) is 8.42 Å². The first kappa shape index (κ1) is 14.2. The molecular formula is C12H25N3O2S. The lowest BCUT2D eigenvalue weighted by Gasteiger charge is -2.24. The van der Waals surface area contributed by atoms with Gasteiger partial charge in [0.25, 0.3) is 0 Å². The second-order valence-corrected chi connectivity index (χ2v) is 7.76. The highest BCUT2D eigenvalue weighted by atomic mass is 32.2. The molecule has 2 fully saturated rings. The van der Waals surface area contributed by atoms with E-state index < -0.39 is 10.0 Å². The van der Waals surface area contributed by atoms with Crippen LogP contribution in [0.4, 0.5) is 0 Å². The van der Waals surface area contributed by atoms with E-state index in [4.69, 9.17) is 0 Å². The van der Waals surface area contributed by atoms with E-state index in [1.165, 1.54) is 0 Å². The first-order valence-electron chi connectivity index (χ1n) is 6.91. The Morgan fingerprint density at radius 1 is 1.28 bits per heavy atom. The van der Waals surface area contributed by atoms with Crippen LogP contribution in [0, 0.1) is 5.92 Å². The predicted octanol–water partition coefficient (Wildman–Crippen LogP) is -0.0483. The molecule has 0 radical (unpaired) electrons. The van der Waals surface area contributed by atoms with Crippen molar-refractivity contribution in [3.05, 3.63) is 0 Å². The van der Waals surface area contributed by atoms with E-state index in [0.717, 1.165) is 26.1 Å². The average Bonchev–Trinajstić information content (AvgIpc) is 2.69. The molecular weight excluding hydrogens is 250 g/mol. The number of nitrogens with one attached hydrogen (secondary N) is 1. The summed E-state index contributed by atoms with van der Waals surface area (Å²) in [7, 11) is -3.03. The molecule has 2 heterocycles. The number of hydrogen-bond acceptors (Lipinski definition) is 4. The average molecular weight is 275 g/mol. The summed E-state index contributed by atoms with van der Waals surface area (Å²) in [5.41, 5.74) is 0. The van der Waals surface area contributed by atoms with Crippen LogP contribution >= 0.6 is 0 Å². The highest BCUT2D eigenvalue weighted by Crippen LogP contribution is 2.21. The van der Waals surface area contributed by atoms with E-state index in [0.29, 0.717) is 31.6 Å². The lowest BCUT2D eigenvalue weighted by Crippen LogP contribution is -2.38. The second kappa shape index (κ2) is 5.86. The fourth-order valence-electron chi connectivity index (χ4n) is 2.77. The van der Waals surface area contributed by atoms with E-state index in [-0.39, 0.29) is 5.75 Å². The third kappa shape index (κ3) is 3.44. The van der Waals surface area contributed by atoms with Gasteiger partial charge in [0, 0.05) is 38.8 Å². The summed E-state index contributed by atoms with van der Waals surface area (Å²) in [5, 5.41) is 3.15. The highest BCUT2D eigenvalue weighted by molar-refractivity contribution is 7.89. The molecule has 0 saturated carbocycles. The normalized spacial score (nSPS) is 30.7. The van der Waals surface area contributed by atoms with Crippen molar-refractivity contribution in [2.45, 2.75) is 26.3 Å².